The Kier molecular flexibility index (Phi) is 3.33. The van der Waals surface area contributed by atoms with Crippen LogP contribution in [0.15, 0.2) is 34.4 Å². The Morgan fingerprint density at radius 2 is 2.05 bits per heavy atom. The molecule has 0 saturated heterocycles. The van der Waals surface area contributed by atoms with Crippen molar-refractivity contribution in [2.45, 2.75) is 20.4 Å². The number of rotatable bonds is 3. The smallest absolute Gasteiger partial charge is 0.193 e. The summed E-state index contributed by atoms with van der Waals surface area (Å²) >= 11 is 5.24. The van der Waals surface area contributed by atoms with E-state index in [1.807, 2.05) is 11.6 Å². The molecule has 0 bridgehead atoms. The minimum absolute atomic E-state index is 0.745. The van der Waals surface area contributed by atoms with Gasteiger partial charge in [0.2, 0.25) is 0 Å². The molecule has 3 nitrogen and oxygen atoms in total. The van der Waals surface area contributed by atoms with E-state index in [4.69, 9.17) is 0 Å². The molecular formula is C14H14BrN3S. The Labute approximate surface area is 124 Å². The largest absolute Gasteiger partial charge is 0.379 e. The third kappa shape index (κ3) is 2.53. The second-order valence-corrected chi connectivity index (χ2v) is 6.27. The predicted octanol–water partition coefficient (Wildman–Crippen LogP) is 4.39. The van der Waals surface area contributed by atoms with Crippen molar-refractivity contribution in [1.82, 2.24) is 9.38 Å². The molecule has 1 aromatic carbocycles. The molecule has 98 valence electrons. The Hall–Kier alpha value is -1.33. The van der Waals surface area contributed by atoms with Crippen LogP contribution in [0.25, 0.3) is 4.96 Å². The number of anilines is 1. The monoisotopic (exact) mass is 335 g/mol. The average molecular weight is 336 g/mol. The van der Waals surface area contributed by atoms with Gasteiger partial charge in [-0.3, -0.25) is 4.40 Å². The summed E-state index contributed by atoms with van der Waals surface area (Å²) in [6.07, 6.45) is 4.10. The maximum atomic E-state index is 4.56. The van der Waals surface area contributed by atoms with E-state index in [1.54, 1.807) is 11.3 Å². The van der Waals surface area contributed by atoms with Gasteiger partial charge in [0, 0.05) is 27.9 Å². The zero-order valence-corrected chi connectivity index (χ0v) is 13.2. The average Bonchev–Trinajstić information content (AvgIpc) is 2.93. The highest BCUT2D eigenvalue weighted by atomic mass is 79.9. The van der Waals surface area contributed by atoms with Crippen molar-refractivity contribution in [3.8, 4) is 0 Å². The third-order valence-corrected chi connectivity index (χ3v) is 5.07. The highest BCUT2D eigenvalue weighted by molar-refractivity contribution is 9.10. The van der Waals surface area contributed by atoms with Crippen molar-refractivity contribution in [3.63, 3.8) is 0 Å². The molecule has 0 aliphatic rings. The summed E-state index contributed by atoms with van der Waals surface area (Å²) < 4.78 is 3.24. The van der Waals surface area contributed by atoms with Gasteiger partial charge in [0.1, 0.15) is 0 Å². The predicted molar refractivity (Wildman–Crippen MR) is 84.0 cm³/mol. The van der Waals surface area contributed by atoms with Crippen LogP contribution in [-0.2, 0) is 6.54 Å². The number of imidazole rings is 1. The van der Waals surface area contributed by atoms with Gasteiger partial charge in [-0.2, -0.15) is 0 Å². The van der Waals surface area contributed by atoms with Crippen LogP contribution >= 0.6 is 27.3 Å². The van der Waals surface area contributed by atoms with Crippen molar-refractivity contribution in [1.29, 1.82) is 0 Å². The van der Waals surface area contributed by atoms with Gasteiger partial charge in [0.15, 0.2) is 4.96 Å². The molecule has 0 aliphatic heterocycles. The second-order valence-electron chi connectivity index (χ2n) is 4.60. The molecular weight excluding hydrogens is 322 g/mol. The number of nitrogens with zero attached hydrogens (tertiary/aromatic N) is 2. The van der Waals surface area contributed by atoms with Gasteiger partial charge in [-0.15, -0.1) is 11.3 Å². The van der Waals surface area contributed by atoms with E-state index in [2.05, 4.69) is 62.8 Å². The van der Waals surface area contributed by atoms with Gasteiger partial charge in [-0.25, -0.2) is 4.98 Å². The fourth-order valence-electron chi connectivity index (χ4n) is 2.10. The van der Waals surface area contributed by atoms with E-state index in [1.165, 1.54) is 15.6 Å². The molecule has 19 heavy (non-hydrogen) atoms. The quantitative estimate of drug-likeness (QED) is 0.769. The van der Waals surface area contributed by atoms with E-state index in [0.29, 0.717) is 0 Å². The highest BCUT2D eigenvalue weighted by Crippen LogP contribution is 2.25. The van der Waals surface area contributed by atoms with Crippen molar-refractivity contribution < 1.29 is 0 Å². The molecule has 0 aliphatic carbocycles. The van der Waals surface area contributed by atoms with E-state index >= 15 is 0 Å². The second kappa shape index (κ2) is 4.98. The summed E-state index contributed by atoms with van der Waals surface area (Å²) in [5.41, 5.74) is 4.68. The van der Waals surface area contributed by atoms with Gasteiger partial charge >= 0.3 is 0 Å². The zero-order valence-electron chi connectivity index (χ0n) is 10.8. The fraction of sp³-hybridized carbons (Fsp3) is 0.214. The number of aryl methyl sites for hydroxylation is 2. The van der Waals surface area contributed by atoms with Crippen molar-refractivity contribution >= 4 is 37.9 Å². The normalized spacial score (nSPS) is 11.1. The lowest BCUT2D eigenvalue weighted by Gasteiger charge is -2.09. The number of thiazole rings is 1. The molecule has 0 amide bonds. The minimum atomic E-state index is 0.745. The van der Waals surface area contributed by atoms with Gasteiger partial charge in [0.05, 0.1) is 12.2 Å². The van der Waals surface area contributed by atoms with Gasteiger partial charge < -0.3 is 5.32 Å². The van der Waals surface area contributed by atoms with Crippen LogP contribution in [0.3, 0.4) is 0 Å². The maximum absolute atomic E-state index is 4.56. The highest BCUT2D eigenvalue weighted by Gasteiger charge is 2.04. The molecule has 2 heterocycles. The summed E-state index contributed by atoms with van der Waals surface area (Å²) in [5, 5.41) is 5.47. The van der Waals surface area contributed by atoms with E-state index in [0.717, 1.165) is 22.9 Å². The Morgan fingerprint density at radius 3 is 2.74 bits per heavy atom. The number of fused-ring (bicyclic) bond motifs is 1. The van der Waals surface area contributed by atoms with Crippen LogP contribution < -0.4 is 5.32 Å². The molecule has 0 unspecified atom stereocenters. The van der Waals surface area contributed by atoms with Crippen LogP contribution in [-0.4, -0.2) is 9.38 Å². The first-order valence-corrected chi connectivity index (χ1v) is 7.72. The summed E-state index contributed by atoms with van der Waals surface area (Å²) in [4.78, 5) is 5.60. The van der Waals surface area contributed by atoms with Gasteiger partial charge in [-0.1, -0.05) is 15.9 Å². The van der Waals surface area contributed by atoms with E-state index < -0.39 is 0 Å². The minimum Gasteiger partial charge on any atom is -0.379 e. The van der Waals surface area contributed by atoms with Crippen molar-refractivity contribution in [2.24, 2.45) is 0 Å². The van der Waals surface area contributed by atoms with Gasteiger partial charge in [0.25, 0.3) is 0 Å². The van der Waals surface area contributed by atoms with Gasteiger partial charge in [-0.05, 0) is 37.1 Å². The summed E-state index contributed by atoms with van der Waals surface area (Å²) in [5.74, 6) is 0. The standard InChI is InChI=1S/C14H14BrN3S/c1-9-5-11(6-10(2)13(9)15)16-7-12-8-18-3-4-19-14(18)17-12/h3-6,8,16H,7H2,1-2H3. The number of halogens is 1. The summed E-state index contributed by atoms with van der Waals surface area (Å²) in [6.45, 7) is 4.96. The molecule has 2 aromatic heterocycles. The molecule has 5 heteroatoms. The number of benzene rings is 1. The van der Waals surface area contributed by atoms with Crippen LogP contribution in [0.1, 0.15) is 16.8 Å². The summed E-state index contributed by atoms with van der Waals surface area (Å²) in [7, 11) is 0. The number of hydrogen-bond acceptors (Lipinski definition) is 3. The number of hydrogen-bond donors (Lipinski definition) is 1. The molecule has 0 radical (unpaired) electrons. The SMILES string of the molecule is Cc1cc(NCc2cn3ccsc3n2)cc(C)c1Br. The molecule has 3 rings (SSSR count). The zero-order chi connectivity index (χ0) is 13.4. The molecule has 0 atom stereocenters. The molecule has 0 fully saturated rings. The van der Waals surface area contributed by atoms with Crippen LogP contribution in [0.4, 0.5) is 5.69 Å². The number of nitrogens with one attached hydrogen (secondary N) is 1. The Morgan fingerprint density at radius 1 is 1.32 bits per heavy atom. The van der Waals surface area contributed by atoms with Crippen LogP contribution in [0.5, 0.6) is 0 Å². The first kappa shape index (κ1) is 12.7. The van der Waals surface area contributed by atoms with Crippen LogP contribution in [0, 0.1) is 13.8 Å². The van der Waals surface area contributed by atoms with Crippen molar-refractivity contribution in [3.05, 3.63) is 51.2 Å². The topological polar surface area (TPSA) is 29.3 Å². The Bertz CT molecular complexity index is 678. The fourth-order valence-corrected chi connectivity index (χ4v) is 3.05. The van der Waals surface area contributed by atoms with E-state index in [9.17, 15) is 0 Å². The van der Waals surface area contributed by atoms with Crippen molar-refractivity contribution in [2.75, 3.05) is 5.32 Å². The number of aromatic nitrogens is 2. The van der Waals surface area contributed by atoms with E-state index in [-0.39, 0.29) is 0 Å². The third-order valence-electron chi connectivity index (χ3n) is 3.05. The molecule has 0 spiro atoms. The first-order valence-electron chi connectivity index (χ1n) is 6.05. The lowest BCUT2D eigenvalue weighted by molar-refractivity contribution is 1.08. The summed E-state index contributed by atoms with van der Waals surface area (Å²) in [6, 6.07) is 4.30. The first-order chi connectivity index (χ1) is 9.13. The lowest BCUT2D eigenvalue weighted by Crippen LogP contribution is -2.00. The molecule has 3 aromatic rings. The maximum Gasteiger partial charge on any atom is 0.193 e. The molecule has 1 N–H and O–H groups in total. The Balaban J connectivity index is 1.77. The van der Waals surface area contributed by atoms with Crippen LogP contribution in [0.2, 0.25) is 0 Å². The molecule has 0 saturated carbocycles. The lowest BCUT2D eigenvalue weighted by atomic mass is 10.1.